The first-order valence-electron chi connectivity index (χ1n) is 2.82. The zero-order valence-electron chi connectivity index (χ0n) is 5.99. The third-order valence-electron chi connectivity index (χ3n) is 0.636. The van der Waals surface area contributed by atoms with E-state index in [9.17, 15) is 4.79 Å². The Morgan fingerprint density at radius 3 is 2.11 bits per heavy atom. The highest BCUT2D eigenvalue weighted by molar-refractivity contribution is 6.76. The van der Waals surface area contributed by atoms with E-state index >= 15 is 0 Å². The van der Waals surface area contributed by atoms with Crippen LogP contribution >= 0.6 is 11.6 Å². The largest absolute Gasteiger partial charge is 0.381 e. The highest BCUT2D eigenvalue weighted by atomic mass is 35.5. The molecular formula is C5H12ClNOSi. The van der Waals surface area contributed by atoms with Gasteiger partial charge in [0.05, 0.1) is 0 Å². The van der Waals surface area contributed by atoms with Gasteiger partial charge in [-0.05, 0) is 0 Å². The van der Waals surface area contributed by atoms with Gasteiger partial charge in [0.25, 0.3) is 0 Å². The van der Waals surface area contributed by atoms with Gasteiger partial charge >= 0.3 is 0 Å². The van der Waals surface area contributed by atoms with E-state index in [1.54, 1.807) is 0 Å². The van der Waals surface area contributed by atoms with Crippen molar-refractivity contribution in [2.75, 3.05) is 5.88 Å². The normalized spacial score (nSPS) is 11.1. The van der Waals surface area contributed by atoms with E-state index in [0.717, 1.165) is 0 Å². The molecule has 0 saturated heterocycles. The van der Waals surface area contributed by atoms with Crippen LogP contribution in [0.5, 0.6) is 0 Å². The van der Waals surface area contributed by atoms with E-state index < -0.39 is 8.24 Å². The molecule has 0 fully saturated rings. The van der Waals surface area contributed by atoms with Gasteiger partial charge in [0.2, 0.25) is 5.91 Å². The molecule has 0 rings (SSSR count). The molecule has 54 valence electrons. The van der Waals surface area contributed by atoms with Crippen molar-refractivity contribution in [1.29, 1.82) is 0 Å². The van der Waals surface area contributed by atoms with Crippen LogP contribution in [-0.2, 0) is 4.79 Å². The van der Waals surface area contributed by atoms with E-state index in [4.69, 9.17) is 11.6 Å². The lowest BCUT2D eigenvalue weighted by atomic mass is 10.8. The van der Waals surface area contributed by atoms with Crippen LogP contribution in [0.1, 0.15) is 0 Å². The van der Waals surface area contributed by atoms with Crippen LogP contribution in [0.3, 0.4) is 0 Å². The molecule has 1 N–H and O–H groups in total. The van der Waals surface area contributed by atoms with Gasteiger partial charge in [-0.25, -0.2) is 0 Å². The van der Waals surface area contributed by atoms with Crippen molar-refractivity contribution in [3.05, 3.63) is 0 Å². The summed E-state index contributed by atoms with van der Waals surface area (Å²) >= 11 is 5.27. The summed E-state index contributed by atoms with van der Waals surface area (Å²) in [4.78, 5) is 13.5. The molecule has 0 radical (unpaired) electrons. The molecule has 2 nitrogen and oxygen atoms in total. The number of carbonyl (C=O) groups excluding carboxylic acids is 1. The Kier molecular flexibility index (Phi) is 3.21. The second-order valence-corrected chi connectivity index (χ2v) is 7.95. The molecule has 9 heavy (non-hydrogen) atoms. The second-order valence-electron chi connectivity index (χ2n) is 2.93. The molecule has 0 aliphatic carbocycles. The van der Waals surface area contributed by atoms with Gasteiger partial charge in [0.15, 0.2) is 0 Å². The first-order chi connectivity index (χ1) is 3.95. The fourth-order valence-electron chi connectivity index (χ4n) is 0.452. The first kappa shape index (κ1) is 8.98. The van der Waals surface area contributed by atoms with Gasteiger partial charge in [-0.3, -0.25) is 4.79 Å². The summed E-state index contributed by atoms with van der Waals surface area (Å²) in [7, 11) is -1.43. The maximum Gasteiger partial charge on any atom is 0.227 e. The molecule has 0 aliphatic rings. The Balaban J connectivity index is 3.60. The highest BCUT2D eigenvalue weighted by Gasteiger charge is 2.15. The molecular weight excluding hydrogens is 154 g/mol. The highest BCUT2D eigenvalue weighted by Crippen LogP contribution is 1.93. The van der Waals surface area contributed by atoms with E-state index in [-0.39, 0.29) is 11.8 Å². The van der Waals surface area contributed by atoms with Crippen molar-refractivity contribution in [3.63, 3.8) is 0 Å². The minimum absolute atomic E-state index is 0.0594. The zero-order chi connectivity index (χ0) is 7.49. The lowest BCUT2D eigenvalue weighted by Gasteiger charge is -2.16. The molecule has 4 heteroatoms. The topological polar surface area (TPSA) is 29.1 Å². The Morgan fingerprint density at radius 2 is 2.00 bits per heavy atom. The van der Waals surface area contributed by atoms with Gasteiger partial charge in [-0.1, -0.05) is 19.6 Å². The summed E-state index contributed by atoms with van der Waals surface area (Å²) in [6, 6.07) is 0. The quantitative estimate of drug-likeness (QED) is 0.483. The van der Waals surface area contributed by atoms with Crippen LogP contribution in [0.2, 0.25) is 19.6 Å². The van der Waals surface area contributed by atoms with Crippen LogP contribution in [0.15, 0.2) is 0 Å². The summed E-state index contributed by atoms with van der Waals surface area (Å²) in [5, 5.41) is 0. The van der Waals surface area contributed by atoms with E-state index in [1.165, 1.54) is 0 Å². The zero-order valence-corrected chi connectivity index (χ0v) is 7.75. The van der Waals surface area contributed by atoms with Gasteiger partial charge in [0.1, 0.15) is 14.1 Å². The Hall–Kier alpha value is -0.0231. The third-order valence-corrected chi connectivity index (χ3v) is 1.91. The van der Waals surface area contributed by atoms with Crippen LogP contribution < -0.4 is 4.98 Å². The first-order valence-corrected chi connectivity index (χ1v) is 6.86. The molecule has 0 aromatic rings. The van der Waals surface area contributed by atoms with Crippen molar-refractivity contribution >= 4 is 25.7 Å². The van der Waals surface area contributed by atoms with Crippen molar-refractivity contribution in [2.45, 2.75) is 19.6 Å². The molecule has 0 spiro atoms. The number of amides is 1. The smallest absolute Gasteiger partial charge is 0.227 e. The van der Waals surface area contributed by atoms with Gasteiger partial charge in [0, 0.05) is 0 Å². The van der Waals surface area contributed by atoms with Crippen molar-refractivity contribution in [2.24, 2.45) is 0 Å². The Morgan fingerprint density at radius 1 is 1.56 bits per heavy atom. The molecule has 1 amide bonds. The minimum atomic E-state index is -1.43. The number of carbonyl (C=O) groups is 1. The lowest BCUT2D eigenvalue weighted by Crippen LogP contribution is -2.45. The predicted octanol–water partition coefficient (Wildman–Crippen LogP) is 1.18. The van der Waals surface area contributed by atoms with E-state index in [0.29, 0.717) is 0 Å². The predicted molar refractivity (Wildman–Crippen MR) is 42.2 cm³/mol. The van der Waals surface area contributed by atoms with Crippen molar-refractivity contribution in [1.82, 2.24) is 4.98 Å². The average Bonchev–Trinajstić information content (AvgIpc) is 1.62. The molecule has 0 bridgehead atoms. The molecule has 0 unspecified atom stereocenters. The van der Waals surface area contributed by atoms with Crippen molar-refractivity contribution in [3.8, 4) is 0 Å². The SMILES string of the molecule is C[Si](C)(C)NC(=O)CCl. The number of hydrogen-bond acceptors (Lipinski definition) is 1. The maximum atomic E-state index is 10.6. The molecule has 0 atom stereocenters. The van der Waals surface area contributed by atoms with Gasteiger partial charge in [-0.15, -0.1) is 11.6 Å². The molecule has 0 saturated carbocycles. The Bertz CT molecular complexity index is 110. The summed E-state index contributed by atoms with van der Waals surface area (Å²) in [5.74, 6) is 0.0143. The summed E-state index contributed by atoms with van der Waals surface area (Å²) in [6.07, 6.45) is 0. The molecule has 0 aliphatic heterocycles. The number of nitrogens with one attached hydrogen (secondary N) is 1. The standard InChI is InChI=1S/C5H12ClNOSi/c1-9(2,3)7-5(8)4-6/h4H2,1-3H3,(H,7,8). The maximum absolute atomic E-state index is 10.6. The van der Waals surface area contributed by atoms with Gasteiger partial charge in [-0.2, -0.15) is 0 Å². The number of hydrogen-bond donors (Lipinski definition) is 1. The van der Waals surface area contributed by atoms with Gasteiger partial charge < -0.3 is 4.98 Å². The van der Waals surface area contributed by atoms with E-state index in [1.807, 2.05) is 0 Å². The molecule has 0 aromatic carbocycles. The fraction of sp³-hybridized carbons (Fsp3) is 0.800. The monoisotopic (exact) mass is 165 g/mol. The fourth-order valence-corrected chi connectivity index (χ4v) is 1.56. The van der Waals surface area contributed by atoms with Crippen LogP contribution in [0.4, 0.5) is 0 Å². The molecule has 0 aromatic heterocycles. The lowest BCUT2D eigenvalue weighted by molar-refractivity contribution is -0.117. The summed E-state index contributed by atoms with van der Waals surface area (Å²) in [6.45, 7) is 6.16. The number of rotatable bonds is 2. The Labute approximate surface area is 61.7 Å². The number of alkyl halides is 1. The minimum Gasteiger partial charge on any atom is -0.381 e. The van der Waals surface area contributed by atoms with Crippen LogP contribution in [0, 0.1) is 0 Å². The average molecular weight is 166 g/mol. The summed E-state index contributed by atoms with van der Waals surface area (Å²) < 4.78 is 0. The number of halogens is 1. The summed E-state index contributed by atoms with van der Waals surface area (Å²) in [5.41, 5.74) is 0. The second kappa shape index (κ2) is 3.22. The van der Waals surface area contributed by atoms with Crippen LogP contribution in [0.25, 0.3) is 0 Å². The molecule has 0 heterocycles. The van der Waals surface area contributed by atoms with E-state index in [2.05, 4.69) is 24.6 Å². The third kappa shape index (κ3) is 5.85. The van der Waals surface area contributed by atoms with Crippen LogP contribution in [-0.4, -0.2) is 20.0 Å². The van der Waals surface area contributed by atoms with Crippen molar-refractivity contribution < 1.29 is 4.79 Å².